The molecule has 0 amide bonds. The highest BCUT2D eigenvalue weighted by Crippen LogP contribution is 2.27. The van der Waals surface area contributed by atoms with Gasteiger partial charge in [0.15, 0.2) is 0 Å². The molecule has 0 aliphatic heterocycles. The summed E-state index contributed by atoms with van der Waals surface area (Å²) < 4.78 is 13.4. The van der Waals surface area contributed by atoms with Crippen LogP contribution in [0.4, 0.5) is 10.1 Å². The van der Waals surface area contributed by atoms with Gasteiger partial charge in [-0.2, -0.15) is 0 Å². The zero-order valence-electron chi connectivity index (χ0n) is 11.1. The third-order valence-corrected chi connectivity index (χ3v) is 2.93. The van der Waals surface area contributed by atoms with Crippen LogP contribution in [0.1, 0.15) is 18.5 Å². The lowest BCUT2D eigenvalue weighted by Crippen LogP contribution is -2.26. The van der Waals surface area contributed by atoms with Gasteiger partial charge in [-0.25, -0.2) is 4.39 Å². The van der Waals surface area contributed by atoms with E-state index in [1.54, 1.807) is 6.07 Å². The molecule has 0 spiro atoms. The Balaban J connectivity index is 3.18. The smallest absolute Gasteiger partial charge is 0.123 e. The van der Waals surface area contributed by atoms with Gasteiger partial charge in [0.1, 0.15) is 5.82 Å². The molecule has 0 heterocycles. The van der Waals surface area contributed by atoms with Crippen LogP contribution in [0.2, 0.25) is 0 Å². The van der Waals surface area contributed by atoms with Gasteiger partial charge in [0.2, 0.25) is 0 Å². The van der Waals surface area contributed by atoms with Crippen LogP contribution in [0, 0.1) is 5.82 Å². The topological polar surface area (TPSA) is 15.3 Å². The molecule has 2 nitrogen and oxygen atoms in total. The molecular weight excluding hydrogens is 227 g/mol. The molecule has 0 aliphatic rings. The normalized spacial score (nSPS) is 11.9. The first-order valence-electron chi connectivity index (χ1n) is 6.07. The van der Waals surface area contributed by atoms with Gasteiger partial charge in [0.05, 0.1) is 0 Å². The molecular formula is C15H21FN2. The third kappa shape index (κ3) is 3.44. The lowest BCUT2D eigenvalue weighted by atomic mass is 10.0. The van der Waals surface area contributed by atoms with Crippen molar-refractivity contribution in [2.45, 2.75) is 13.0 Å². The second kappa shape index (κ2) is 6.97. The van der Waals surface area contributed by atoms with Crippen molar-refractivity contribution >= 4 is 5.69 Å². The summed E-state index contributed by atoms with van der Waals surface area (Å²) in [6, 6.07) is 4.97. The molecule has 0 radical (unpaired) electrons. The Morgan fingerprint density at radius 3 is 2.44 bits per heavy atom. The van der Waals surface area contributed by atoms with Gasteiger partial charge in [-0.3, -0.25) is 0 Å². The fourth-order valence-electron chi connectivity index (χ4n) is 1.90. The second-order valence-corrected chi connectivity index (χ2v) is 4.20. The summed E-state index contributed by atoms with van der Waals surface area (Å²) in [6.07, 6.45) is 3.67. The summed E-state index contributed by atoms with van der Waals surface area (Å²) >= 11 is 0. The minimum Gasteiger partial charge on any atom is -0.364 e. The van der Waals surface area contributed by atoms with Crippen molar-refractivity contribution in [1.29, 1.82) is 0 Å². The van der Waals surface area contributed by atoms with Crippen molar-refractivity contribution < 1.29 is 4.39 Å². The highest BCUT2D eigenvalue weighted by atomic mass is 19.1. The van der Waals surface area contributed by atoms with Gasteiger partial charge < -0.3 is 10.2 Å². The van der Waals surface area contributed by atoms with Crippen LogP contribution in [0.15, 0.2) is 43.5 Å². The van der Waals surface area contributed by atoms with Gasteiger partial charge in [-0.05, 0) is 37.7 Å². The lowest BCUT2D eigenvalue weighted by Gasteiger charge is -2.27. The average molecular weight is 248 g/mol. The quantitative estimate of drug-likeness (QED) is 0.745. The van der Waals surface area contributed by atoms with Crippen molar-refractivity contribution in [1.82, 2.24) is 5.32 Å². The highest BCUT2D eigenvalue weighted by molar-refractivity contribution is 5.56. The molecule has 3 heteroatoms. The molecule has 1 atom stereocenters. The number of hydrogen-bond donors (Lipinski definition) is 1. The van der Waals surface area contributed by atoms with Crippen LogP contribution >= 0.6 is 0 Å². The summed E-state index contributed by atoms with van der Waals surface area (Å²) in [4.78, 5) is 2.11. The summed E-state index contributed by atoms with van der Waals surface area (Å²) in [5, 5.41) is 3.14. The van der Waals surface area contributed by atoms with E-state index in [9.17, 15) is 4.39 Å². The molecule has 1 unspecified atom stereocenters. The monoisotopic (exact) mass is 248 g/mol. The summed E-state index contributed by atoms with van der Waals surface area (Å²) in [5.74, 6) is -0.215. The Bertz CT molecular complexity index is 405. The van der Waals surface area contributed by atoms with Crippen LogP contribution in [-0.4, -0.2) is 20.1 Å². The largest absolute Gasteiger partial charge is 0.364 e. The van der Waals surface area contributed by atoms with Gasteiger partial charge in [0, 0.05) is 24.8 Å². The van der Waals surface area contributed by atoms with E-state index in [1.807, 2.05) is 32.2 Å². The van der Waals surface area contributed by atoms with E-state index in [4.69, 9.17) is 0 Å². The Morgan fingerprint density at radius 1 is 1.33 bits per heavy atom. The van der Waals surface area contributed by atoms with Crippen molar-refractivity contribution in [3.63, 3.8) is 0 Å². The summed E-state index contributed by atoms with van der Waals surface area (Å²) in [6.45, 7) is 10.9. The van der Waals surface area contributed by atoms with E-state index in [1.165, 1.54) is 6.07 Å². The molecule has 1 aromatic carbocycles. The fraction of sp³-hybridized carbons (Fsp3) is 0.333. The minimum atomic E-state index is -0.215. The van der Waals surface area contributed by atoms with Crippen LogP contribution < -0.4 is 10.2 Å². The minimum absolute atomic E-state index is 0.0906. The van der Waals surface area contributed by atoms with E-state index in [0.29, 0.717) is 13.1 Å². The molecule has 18 heavy (non-hydrogen) atoms. The Labute approximate surface area is 109 Å². The number of anilines is 1. The lowest BCUT2D eigenvalue weighted by molar-refractivity contribution is 0.607. The van der Waals surface area contributed by atoms with Crippen molar-refractivity contribution in [3.8, 4) is 0 Å². The molecule has 1 aromatic rings. The number of halogens is 1. The molecule has 1 rings (SSSR count). The predicted octanol–water partition coefficient (Wildman–Crippen LogP) is 3.28. The SMILES string of the molecule is C=CCN(CC=C)c1ccc(F)cc1C(C)NC. The maximum absolute atomic E-state index is 13.4. The first kappa shape index (κ1) is 14.5. The Morgan fingerprint density at radius 2 is 1.94 bits per heavy atom. The zero-order valence-corrected chi connectivity index (χ0v) is 11.1. The third-order valence-electron chi connectivity index (χ3n) is 2.93. The molecule has 0 fully saturated rings. The number of benzene rings is 1. The number of rotatable bonds is 7. The van der Waals surface area contributed by atoms with E-state index < -0.39 is 0 Å². The first-order chi connectivity index (χ1) is 8.63. The number of nitrogens with zero attached hydrogens (tertiary/aromatic N) is 1. The van der Waals surface area contributed by atoms with Gasteiger partial charge in [-0.1, -0.05) is 12.2 Å². The van der Waals surface area contributed by atoms with Gasteiger partial charge in [0.25, 0.3) is 0 Å². The van der Waals surface area contributed by atoms with Crippen LogP contribution in [0.3, 0.4) is 0 Å². The average Bonchev–Trinajstić information content (AvgIpc) is 2.37. The zero-order chi connectivity index (χ0) is 13.5. The molecule has 0 aliphatic carbocycles. The fourth-order valence-corrected chi connectivity index (χ4v) is 1.90. The summed E-state index contributed by atoms with van der Waals surface area (Å²) in [5.41, 5.74) is 1.96. The van der Waals surface area contributed by atoms with Crippen molar-refractivity contribution in [3.05, 3.63) is 54.9 Å². The maximum Gasteiger partial charge on any atom is 0.123 e. The van der Waals surface area contributed by atoms with E-state index >= 15 is 0 Å². The summed E-state index contributed by atoms with van der Waals surface area (Å²) in [7, 11) is 1.87. The predicted molar refractivity (Wildman–Crippen MR) is 76.5 cm³/mol. The standard InChI is InChI=1S/C15H21FN2/c1-5-9-18(10-6-2)15-8-7-13(16)11-14(15)12(3)17-4/h5-8,11-12,17H,1-2,9-10H2,3-4H3. The Hall–Kier alpha value is -1.61. The van der Waals surface area contributed by atoms with Crippen LogP contribution in [0.5, 0.6) is 0 Å². The van der Waals surface area contributed by atoms with E-state index in [0.717, 1.165) is 11.3 Å². The molecule has 0 bridgehead atoms. The number of nitrogens with one attached hydrogen (secondary N) is 1. The molecule has 0 saturated heterocycles. The molecule has 0 aromatic heterocycles. The van der Waals surface area contributed by atoms with Gasteiger partial charge >= 0.3 is 0 Å². The second-order valence-electron chi connectivity index (χ2n) is 4.20. The van der Waals surface area contributed by atoms with Crippen LogP contribution in [0.25, 0.3) is 0 Å². The number of hydrogen-bond acceptors (Lipinski definition) is 2. The van der Waals surface area contributed by atoms with E-state index in [2.05, 4.69) is 23.4 Å². The molecule has 98 valence electrons. The van der Waals surface area contributed by atoms with Gasteiger partial charge in [-0.15, -0.1) is 13.2 Å². The maximum atomic E-state index is 13.4. The molecule has 1 N–H and O–H groups in total. The Kier molecular flexibility index (Phi) is 5.59. The highest BCUT2D eigenvalue weighted by Gasteiger charge is 2.14. The first-order valence-corrected chi connectivity index (χ1v) is 6.07. The van der Waals surface area contributed by atoms with Crippen molar-refractivity contribution in [2.75, 3.05) is 25.0 Å². The van der Waals surface area contributed by atoms with Crippen molar-refractivity contribution in [2.24, 2.45) is 0 Å². The van der Waals surface area contributed by atoms with E-state index in [-0.39, 0.29) is 11.9 Å². The van der Waals surface area contributed by atoms with Crippen LogP contribution in [-0.2, 0) is 0 Å². The molecule has 0 saturated carbocycles.